The molecule has 1 aliphatic rings. The summed E-state index contributed by atoms with van der Waals surface area (Å²) in [5.74, 6) is 0. The Morgan fingerprint density at radius 2 is 1.42 bits per heavy atom. The highest BCUT2D eigenvalue weighted by atomic mass is 15.3. The standard InChI is InChI=1S/C21H23N3/c1-2-6-21-14-18(7-8-20(21)5-1)16-23-10-12-24(13-11-23)17-19-4-3-9-22-15-19/h1-9,14-15H,10-13,16-17H2/p+2. The summed E-state index contributed by atoms with van der Waals surface area (Å²) in [6, 6.07) is 19.8. The van der Waals surface area contributed by atoms with Crippen LogP contribution in [0.15, 0.2) is 67.0 Å². The third-order valence-corrected chi connectivity index (χ3v) is 5.11. The van der Waals surface area contributed by atoms with Crippen LogP contribution in [0.5, 0.6) is 0 Å². The van der Waals surface area contributed by atoms with Gasteiger partial charge in [-0.1, -0.05) is 42.5 Å². The van der Waals surface area contributed by atoms with Crippen molar-refractivity contribution in [3.63, 3.8) is 0 Å². The van der Waals surface area contributed by atoms with Crippen LogP contribution in [0.1, 0.15) is 11.1 Å². The van der Waals surface area contributed by atoms with Crippen LogP contribution in [0.25, 0.3) is 10.8 Å². The zero-order chi connectivity index (χ0) is 16.2. The molecule has 2 heterocycles. The molecule has 2 N–H and O–H groups in total. The molecule has 0 aliphatic carbocycles. The normalized spacial score (nSPS) is 21.0. The first-order chi connectivity index (χ1) is 11.9. The van der Waals surface area contributed by atoms with Gasteiger partial charge < -0.3 is 9.80 Å². The van der Waals surface area contributed by atoms with E-state index in [0.717, 1.165) is 13.1 Å². The van der Waals surface area contributed by atoms with Crippen LogP contribution in [0.4, 0.5) is 0 Å². The Morgan fingerprint density at radius 3 is 2.12 bits per heavy atom. The first-order valence-corrected chi connectivity index (χ1v) is 8.90. The van der Waals surface area contributed by atoms with Gasteiger partial charge in [-0.2, -0.15) is 0 Å². The maximum atomic E-state index is 4.23. The Labute approximate surface area is 143 Å². The van der Waals surface area contributed by atoms with E-state index in [2.05, 4.69) is 53.5 Å². The van der Waals surface area contributed by atoms with Gasteiger partial charge in [0.15, 0.2) is 0 Å². The summed E-state index contributed by atoms with van der Waals surface area (Å²) in [6.07, 6.45) is 3.85. The topological polar surface area (TPSA) is 21.8 Å². The average Bonchev–Trinajstić information content (AvgIpc) is 2.64. The molecule has 3 nitrogen and oxygen atoms in total. The molecule has 0 spiro atoms. The molecule has 0 amide bonds. The van der Waals surface area contributed by atoms with Gasteiger partial charge in [0.2, 0.25) is 0 Å². The van der Waals surface area contributed by atoms with Crippen molar-refractivity contribution < 1.29 is 9.80 Å². The number of benzene rings is 2. The summed E-state index contributed by atoms with van der Waals surface area (Å²) in [5.41, 5.74) is 2.81. The van der Waals surface area contributed by atoms with Gasteiger partial charge in [-0.05, 0) is 22.9 Å². The Hall–Kier alpha value is -2.23. The van der Waals surface area contributed by atoms with Gasteiger partial charge in [0.25, 0.3) is 0 Å². The molecule has 3 heteroatoms. The van der Waals surface area contributed by atoms with E-state index in [4.69, 9.17) is 0 Å². The van der Waals surface area contributed by atoms with Crippen LogP contribution in [-0.2, 0) is 13.1 Å². The van der Waals surface area contributed by atoms with Gasteiger partial charge >= 0.3 is 0 Å². The number of hydrogen-bond donors (Lipinski definition) is 2. The van der Waals surface area contributed by atoms with Crippen LogP contribution in [0.2, 0.25) is 0 Å². The van der Waals surface area contributed by atoms with E-state index in [1.165, 1.54) is 48.1 Å². The second kappa shape index (κ2) is 7.12. The van der Waals surface area contributed by atoms with Crippen molar-refractivity contribution in [3.8, 4) is 0 Å². The highest BCUT2D eigenvalue weighted by Gasteiger charge is 2.23. The van der Waals surface area contributed by atoms with E-state index >= 15 is 0 Å². The van der Waals surface area contributed by atoms with E-state index in [1.807, 2.05) is 18.5 Å². The summed E-state index contributed by atoms with van der Waals surface area (Å²) in [6.45, 7) is 7.25. The van der Waals surface area contributed by atoms with Crippen molar-refractivity contribution >= 4 is 10.8 Å². The molecule has 122 valence electrons. The summed E-state index contributed by atoms with van der Waals surface area (Å²) in [5, 5.41) is 2.69. The second-order valence-electron chi connectivity index (χ2n) is 6.90. The Morgan fingerprint density at radius 1 is 0.708 bits per heavy atom. The number of quaternary nitrogens is 2. The summed E-state index contributed by atoms with van der Waals surface area (Å²) in [7, 11) is 0. The molecule has 1 aromatic heterocycles. The molecule has 24 heavy (non-hydrogen) atoms. The summed E-state index contributed by atoms with van der Waals surface area (Å²) >= 11 is 0. The summed E-state index contributed by atoms with van der Waals surface area (Å²) < 4.78 is 0. The van der Waals surface area contributed by atoms with Gasteiger partial charge in [0, 0.05) is 23.5 Å². The lowest BCUT2D eigenvalue weighted by Gasteiger charge is -2.29. The van der Waals surface area contributed by atoms with Crippen LogP contribution >= 0.6 is 0 Å². The minimum absolute atomic E-state index is 1.11. The average molecular weight is 319 g/mol. The molecule has 1 fully saturated rings. The molecule has 0 radical (unpaired) electrons. The second-order valence-corrected chi connectivity index (χ2v) is 6.90. The lowest BCUT2D eigenvalue weighted by Crippen LogP contribution is -3.27. The van der Waals surface area contributed by atoms with Crippen molar-refractivity contribution in [2.75, 3.05) is 26.2 Å². The van der Waals surface area contributed by atoms with Crippen LogP contribution < -0.4 is 9.80 Å². The lowest BCUT2D eigenvalue weighted by atomic mass is 10.1. The number of pyridine rings is 1. The van der Waals surface area contributed by atoms with Crippen molar-refractivity contribution in [3.05, 3.63) is 78.1 Å². The first kappa shape index (κ1) is 15.3. The third kappa shape index (κ3) is 3.64. The molecule has 0 atom stereocenters. The lowest BCUT2D eigenvalue weighted by molar-refractivity contribution is -1.02. The Kier molecular flexibility index (Phi) is 4.54. The molecule has 3 aromatic rings. The van der Waals surface area contributed by atoms with Crippen LogP contribution in [0, 0.1) is 0 Å². The first-order valence-electron chi connectivity index (χ1n) is 8.90. The Bertz CT molecular complexity index is 792. The predicted octanol–water partition coefficient (Wildman–Crippen LogP) is 0.718. The van der Waals surface area contributed by atoms with Gasteiger partial charge in [-0.15, -0.1) is 0 Å². The van der Waals surface area contributed by atoms with Crippen LogP contribution in [0.3, 0.4) is 0 Å². The van der Waals surface area contributed by atoms with Gasteiger partial charge in [0.1, 0.15) is 39.3 Å². The van der Waals surface area contributed by atoms with E-state index in [-0.39, 0.29) is 0 Å². The molecule has 4 rings (SSSR count). The van der Waals surface area contributed by atoms with Crippen molar-refractivity contribution in [2.45, 2.75) is 13.1 Å². The van der Waals surface area contributed by atoms with Crippen molar-refractivity contribution in [1.82, 2.24) is 4.98 Å². The maximum Gasteiger partial charge on any atom is 0.127 e. The summed E-state index contributed by atoms with van der Waals surface area (Å²) in [4.78, 5) is 7.62. The smallest absolute Gasteiger partial charge is 0.127 e. The molecule has 1 saturated heterocycles. The minimum atomic E-state index is 1.11. The van der Waals surface area contributed by atoms with E-state index < -0.39 is 0 Å². The largest absolute Gasteiger partial charge is 0.322 e. The minimum Gasteiger partial charge on any atom is -0.322 e. The van der Waals surface area contributed by atoms with Gasteiger partial charge in [0.05, 0.1) is 0 Å². The maximum absolute atomic E-state index is 4.23. The molecular weight excluding hydrogens is 294 g/mol. The van der Waals surface area contributed by atoms with Gasteiger partial charge in [-0.3, -0.25) is 4.98 Å². The molecule has 0 saturated carbocycles. The fourth-order valence-electron chi connectivity index (χ4n) is 3.74. The zero-order valence-corrected chi connectivity index (χ0v) is 14.0. The molecule has 0 bridgehead atoms. The number of aromatic nitrogens is 1. The van der Waals surface area contributed by atoms with Crippen LogP contribution in [-0.4, -0.2) is 31.2 Å². The highest BCUT2D eigenvalue weighted by Crippen LogP contribution is 2.14. The SMILES string of the molecule is c1cncc(C[NH+]2CC[NH+](Cc3ccc4ccccc4c3)CC2)c1. The number of piperazine rings is 1. The third-order valence-electron chi connectivity index (χ3n) is 5.11. The number of fused-ring (bicyclic) bond motifs is 1. The van der Waals surface area contributed by atoms with Crippen molar-refractivity contribution in [2.24, 2.45) is 0 Å². The fraction of sp³-hybridized carbons (Fsp3) is 0.286. The number of hydrogen-bond acceptors (Lipinski definition) is 1. The Balaban J connectivity index is 1.34. The molecule has 2 aromatic carbocycles. The van der Waals surface area contributed by atoms with Crippen molar-refractivity contribution in [1.29, 1.82) is 0 Å². The molecular formula is C21H25N3+2. The quantitative estimate of drug-likeness (QED) is 0.727. The van der Waals surface area contributed by atoms with Gasteiger partial charge in [-0.25, -0.2) is 0 Å². The van der Waals surface area contributed by atoms with E-state index in [1.54, 1.807) is 9.80 Å². The monoisotopic (exact) mass is 319 g/mol. The number of nitrogens with zero attached hydrogens (tertiary/aromatic N) is 1. The molecule has 1 aliphatic heterocycles. The molecule has 0 unspecified atom stereocenters. The highest BCUT2D eigenvalue weighted by molar-refractivity contribution is 5.82. The fourth-order valence-corrected chi connectivity index (χ4v) is 3.74. The number of nitrogens with one attached hydrogen (secondary N) is 2. The predicted molar refractivity (Wildman–Crippen MR) is 97.0 cm³/mol. The number of rotatable bonds is 4. The zero-order valence-electron chi connectivity index (χ0n) is 14.0. The van der Waals surface area contributed by atoms with E-state index in [0.29, 0.717) is 0 Å². The van der Waals surface area contributed by atoms with E-state index in [9.17, 15) is 0 Å².